The van der Waals surface area contributed by atoms with E-state index in [0.29, 0.717) is 6.07 Å². The topological polar surface area (TPSA) is 77.2 Å². The summed E-state index contributed by atoms with van der Waals surface area (Å²) in [5, 5.41) is 10.3. The van der Waals surface area contributed by atoms with Gasteiger partial charge in [0.15, 0.2) is 12.4 Å². The zero-order chi connectivity index (χ0) is 21.0. The lowest BCUT2D eigenvalue weighted by atomic mass is 10.1. The van der Waals surface area contributed by atoms with Gasteiger partial charge in [-0.05, 0) is 53.0 Å². The Hall–Kier alpha value is -2.46. The molecule has 1 heterocycles. The van der Waals surface area contributed by atoms with E-state index >= 15 is 0 Å². The molecular weight excluding hydrogens is 468 g/mol. The SMILES string of the molecule is Cc1cccc(OCc2nnc(SCC(=O)Nc3c(F)cc(F)cc3Br)o2)c1C. The Bertz CT molecular complexity index is 1020. The quantitative estimate of drug-likeness (QED) is 0.474. The number of ether oxygens (including phenoxy) is 1. The van der Waals surface area contributed by atoms with Gasteiger partial charge in [-0.25, -0.2) is 8.78 Å². The van der Waals surface area contributed by atoms with Crippen molar-refractivity contribution in [3.8, 4) is 5.75 Å². The number of carbonyl (C=O) groups excluding carboxylic acids is 1. The predicted octanol–water partition coefficient (Wildman–Crippen LogP) is 5.04. The molecule has 0 aliphatic heterocycles. The van der Waals surface area contributed by atoms with Crippen molar-refractivity contribution in [1.82, 2.24) is 10.2 Å². The molecule has 6 nitrogen and oxygen atoms in total. The Labute approximate surface area is 178 Å². The molecule has 29 heavy (non-hydrogen) atoms. The number of anilines is 1. The number of hydrogen-bond donors (Lipinski definition) is 1. The first-order valence-corrected chi connectivity index (χ1v) is 10.2. The van der Waals surface area contributed by atoms with E-state index in [4.69, 9.17) is 9.15 Å². The fourth-order valence-electron chi connectivity index (χ4n) is 2.34. The summed E-state index contributed by atoms with van der Waals surface area (Å²) < 4.78 is 38.1. The van der Waals surface area contributed by atoms with Gasteiger partial charge in [-0.15, -0.1) is 10.2 Å². The fourth-order valence-corrected chi connectivity index (χ4v) is 3.43. The molecular formula is C19H16BrF2N3O3S. The van der Waals surface area contributed by atoms with Crippen LogP contribution in [-0.2, 0) is 11.4 Å². The molecule has 0 saturated carbocycles. The first-order valence-electron chi connectivity index (χ1n) is 8.42. The number of hydrogen-bond acceptors (Lipinski definition) is 6. The Morgan fingerprint density at radius 2 is 2.07 bits per heavy atom. The fraction of sp³-hybridized carbons (Fsp3) is 0.211. The van der Waals surface area contributed by atoms with Gasteiger partial charge in [0.2, 0.25) is 5.91 Å². The minimum absolute atomic E-state index is 0.0945. The number of halogens is 3. The van der Waals surface area contributed by atoms with Crippen LogP contribution in [0.15, 0.2) is 44.4 Å². The van der Waals surface area contributed by atoms with E-state index in [1.807, 2.05) is 32.0 Å². The number of benzene rings is 2. The largest absolute Gasteiger partial charge is 0.484 e. The highest BCUT2D eigenvalue weighted by Crippen LogP contribution is 2.27. The van der Waals surface area contributed by atoms with Crippen LogP contribution in [0.2, 0.25) is 0 Å². The lowest BCUT2D eigenvalue weighted by Gasteiger charge is -2.08. The molecule has 3 aromatic rings. The number of thioether (sulfide) groups is 1. The van der Waals surface area contributed by atoms with Gasteiger partial charge in [0.25, 0.3) is 11.1 Å². The average molecular weight is 484 g/mol. The molecule has 0 saturated heterocycles. The van der Waals surface area contributed by atoms with Crippen molar-refractivity contribution >= 4 is 39.3 Å². The minimum atomic E-state index is -0.876. The molecule has 0 unspecified atom stereocenters. The molecule has 0 radical (unpaired) electrons. The zero-order valence-electron chi connectivity index (χ0n) is 15.5. The zero-order valence-corrected chi connectivity index (χ0v) is 17.9. The Morgan fingerprint density at radius 3 is 2.83 bits per heavy atom. The number of nitrogens with zero attached hydrogens (tertiary/aromatic N) is 2. The number of rotatable bonds is 7. The Balaban J connectivity index is 1.53. The third-order valence-electron chi connectivity index (χ3n) is 3.95. The van der Waals surface area contributed by atoms with Crippen LogP contribution in [0, 0.1) is 25.5 Å². The number of aromatic nitrogens is 2. The van der Waals surface area contributed by atoms with Crippen LogP contribution >= 0.6 is 27.7 Å². The van der Waals surface area contributed by atoms with Crippen LogP contribution in [0.4, 0.5) is 14.5 Å². The molecule has 0 spiro atoms. The molecule has 0 bridgehead atoms. The second-order valence-electron chi connectivity index (χ2n) is 6.03. The van der Waals surface area contributed by atoms with Crippen LogP contribution in [0.1, 0.15) is 17.0 Å². The number of carbonyl (C=O) groups is 1. The lowest BCUT2D eigenvalue weighted by molar-refractivity contribution is -0.113. The summed E-state index contributed by atoms with van der Waals surface area (Å²) in [4.78, 5) is 12.0. The first-order chi connectivity index (χ1) is 13.8. The summed E-state index contributed by atoms with van der Waals surface area (Å²) in [6, 6.07) is 7.49. The number of nitrogens with one attached hydrogen (secondary N) is 1. The van der Waals surface area contributed by atoms with Gasteiger partial charge in [0.05, 0.1) is 11.4 Å². The van der Waals surface area contributed by atoms with Crippen LogP contribution in [0.3, 0.4) is 0 Å². The van der Waals surface area contributed by atoms with Crippen LogP contribution < -0.4 is 10.1 Å². The van der Waals surface area contributed by atoms with Gasteiger partial charge in [-0.2, -0.15) is 0 Å². The first kappa shape index (κ1) is 21.3. The summed E-state index contributed by atoms with van der Waals surface area (Å²) in [6.45, 7) is 4.05. The maximum atomic E-state index is 13.8. The van der Waals surface area contributed by atoms with Gasteiger partial charge in [0, 0.05) is 10.5 Å². The molecule has 1 amide bonds. The predicted molar refractivity (Wildman–Crippen MR) is 108 cm³/mol. The molecule has 1 aromatic heterocycles. The molecule has 0 atom stereocenters. The average Bonchev–Trinajstić information content (AvgIpc) is 3.12. The van der Waals surface area contributed by atoms with Crippen LogP contribution in [0.25, 0.3) is 0 Å². The second kappa shape index (κ2) is 9.36. The van der Waals surface area contributed by atoms with E-state index in [-0.39, 0.29) is 33.6 Å². The van der Waals surface area contributed by atoms with Gasteiger partial charge < -0.3 is 14.5 Å². The van der Waals surface area contributed by atoms with E-state index in [1.165, 1.54) is 0 Å². The van der Waals surface area contributed by atoms with Crippen molar-refractivity contribution in [2.75, 3.05) is 11.1 Å². The third kappa shape index (κ3) is 5.54. The van der Waals surface area contributed by atoms with Gasteiger partial charge in [-0.3, -0.25) is 4.79 Å². The van der Waals surface area contributed by atoms with Gasteiger partial charge in [0.1, 0.15) is 11.6 Å². The van der Waals surface area contributed by atoms with E-state index in [0.717, 1.165) is 34.7 Å². The van der Waals surface area contributed by atoms with E-state index in [9.17, 15) is 13.6 Å². The molecule has 1 N–H and O–H groups in total. The summed E-state index contributed by atoms with van der Waals surface area (Å²) >= 11 is 4.01. The highest BCUT2D eigenvalue weighted by molar-refractivity contribution is 9.10. The van der Waals surface area contributed by atoms with Crippen molar-refractivity contribution in [2.24, 2.45) is 0 Å². The highest BCUT2D eigenvalue weighted by atomic mass is 79.9. The van der Waals surface area contributed by atoms with Crippen molar-refractivity contribution in [3.63, 3.8) is 0 Å². The smallest absolute Gasteiger partial charge is 0.277 e. The highest BCUT2D eigenvalue weighted by Gasteiger charge is 2.15. The van der Waals surface area contributed by atoms with Crippen LogP contribution in [-0.4, -0.2) is 21.9 Å². The van der Waals surface area contributed by atoms with E-state index in [2.05, 4.69) is 31.4 Å². The van der Waals surface area contributed by atoms with Gasteiger partial charge in [-0.1, -0.05) is 23.9 Å². The molecule has 152 valence electrons. The van der Waals surface area contributed by atoms with Crippen molar-refractivity contribution in [3.05, 3.63) is 63.5 Å². The van der Waals surface area contributed by atoms with Gasteiger partial charge >= 0.3 is 0 Å². The summed E-state index contributed by atoms with van der Waals surface area (Å²) in [6.07, 6.45) is 0. The monoisotopic (exact) mass is 483 g/mol. The minimum Gasteiger partial charge on any atom is -0.484 e. The molecule has 0 aliphatic rings. The van der Waals surface area contributed by atoms with Crippen molar-refractivity contribution < 1.29 is 22.7 Å². The van der Waals surface area contributed by atoms with Crippen LogP contribution in [0.5, 0.6) is 5.75 Å². The number of aryl methyl sites for hydroxylation is 1. The Morgan fingerprint density at radius 1 is 1.28 bits per heavy atom. The molecule has 0 fully saturated rings. The lowest BCUT2D eigenvalue weighted by Crippen LogP contribution is -2.15. The van der Waals surface area contributed by atoms with E-state index in [1.54, 1.807) is 0 Å². The second-order valence-corrected chi connectivity index (χ2v) is 7.81. The summed E-state index contributed by atoms with van der Waals surface area (Å²) in [5.41, 5.74) is 2.00. The van der Waals surface area contributed by atoms with E-state index < -0.39 is 17.5 Å². The standard InChI is InChI=1S/C19H16BrF2N3O3S/c1-10-4-3-5-15(11(10)2)27-8-17-24-25-19(28-17)29-9-16(26)23-18-13(20)6-12(21)7-14(18)22/h3-7H,8-9H2,1-2H3,(H,23,26). The maximum Gasteiger partial charge on any atom is 0.277 e. The molecule has 3 rings (SSSR count). The summed E-state index contributed by atoms with van der Waals surface area (Å²) in [5.74, 6) is -1.23. The molecule has 10 heteroatoms. The molecule has 0 aliphatic carbocycles. The summed E-state index contributed by atoms with van der Waals surface area (Å²) in [7, 11) is 0. The third-order valence-corrected chi connectivity index (χ3v) is 5.40. The van der Waals surface area contributed by atoms with Crippen molar-refractivity contribution in [2.45, 2.75) is 25.7 Å². The maximum absolute atomic E-state index is 13.8. The number of amides is 1. The Kier molecular flexibility index (Phi) is 6.86. The normalized spacial score (nSPS) is 10.8. The molecule has 2 aromatic carbocycles. The van der Waals surface area contributed by atoms with Crippen molar-refractivity contribution in [1.29, 1.82) is 0 Å².